The first kappa shape index (κ1) is 9.98. The van der Waals surface area contributed by atoms with Crippen molar-refractivity contribution >= 4 is 0 Å². The van der Waals surface area contributed by atoms with Crippen LogP contribution < -0.4 is 0 Å². The summed E-state index contributed by atoms with van der Waals surface area (Å²) in [6, 6.07) is 0. The van der Waals surface area contributed by atoms with Crippen molar-refractivity contribution in [3.63, 3.8) is 0 Å². The fourth-order valence-corrected chi connectivity index (χ4v) is 0.537. The highest BCUT2D eigenvalue weighted by Gasteiger charge is 1.95. The minimum Gasteiger partial charge on any atom is -0.513 e. The van der Waals surface area contributed by atoms with Crippen LogP contribution in [0.15, 0.2) is 37.1 Å². The van der Waals surface area contributed by atoms with Crippen LogP contribution in [0.25, 0.3) is 0 Å². The summed E-state index contributed by atoms with van der Waals surface area (Å²) in [5.41, 5.74) is 0. The molecule has 61 valence electrons. The van der Waals surface area contributed by atoms with E-state index in [1.165, 1.54) is 12.2 Å². The summed E-state index contributed by atoms with van der Waals surface area (Å²) >= 11 is 0. The second kappa shape index (κ2) is 5.74. The molecule has 2 heteroatoms. The molecule has 1 unspecified atom stereocenters. The van der Waals surface area contributed by atoms with Gasteiger partial charge in [-0.15, -0.1) is 13.2 Å². The summed E-state index contributed by atoms with van der Waals surface area (Å²) in [5, 5.41) is 18.0. The van der Waals surface area contributed by atoms with Crippen LogP contribution in [0.5, 0.6) is 0 Å². The van der Waals surface area contributed by atoms with Crippen molar-refractivity contribution < 1.29 is 10.2 Å². The van der Waals surface area contributed by atoms with Gasteiger partial charge in [0.25, 0.3) is 0 Å². The Morgan fingerprint density at radius 2 is 2.09 bits per heavy atom. The number of allylic oxidation sites excluding steroid dienone is 2. The molecule has 0 saturated heterocycles. The molecule has 0 aliphatic heterocycles. The third-order valence-electron chi connectivity index (χ3n) is 1.10. The molecule has 11 heavy (non-hydrogen) atoms. The average Bonchev–Trinajstić information content (AvgIpc) is 2.00. The molecule has 0 aliphatic rings. The highest BCUT2D eigenvalue weighted by molar-refractivity contribution is 5.06. The zero-order chi connectivity index (χ0) is 8.69. The third kappa shape index (κ3) is 5.43. The lowest BCUT2D eigenvalue weighted by atomic mass is 10.2. The first-order valence-corrected chi connectivity index (χ1v) is 3.35. The van der Waals surface area contributed by atoms with Crippen molar-refractivity contribution in [3.05, 3.63) is 43.6 Å². The summed E-state index contributed by atoms with van der Waals surface area (Å²) < 4.78 is 0. The van der Waals surface area contributed by atoms with Crippen LogP contribution in [0, 0.1) is 6.42 Å². The van der Waals surface area contributed by atoms with Crippen LogP contribution in [0.4, 0.5) is 0 Å². The Morgan fingerprint density at radius 1 is 1.45 bits per heavy atom. The maximum atomic E-state index is 9.06. The second-order valence-electron chi connectivity index (χ2n) is 2.06. The normalized spacial score (nSPS) is 14.1. The molecule has 0 aliphatic carbocycles. The molecule has 0 aromatic carbocycles. The zero-order valence-electron chi connectivity index (χ0n) is 6.40. The first-order chi connectivity index (χ1) is 5.20. The molecule has 0 bridgehead atoms. The predicted molar refractivity (Wildman–Crippen MR) is 46.0 cm³/mol. The molecule has 2 N–H and O–H groups in total. The lowest BCUT2D eigenvalue weighted by molar-refractivity contribution is 0.262. The Morgan fingerprint density at radius 3 is 2.55 bits per heavy atom. The number of aliphatic hydroxyl groups excluding tert-OH is 2. The second-order valence-corrected chi connectivity index (χ2v) is 2.06. The smallest absolute Gasteiger partial charge is 0.0934 e. The molecule has 0 fully saturated rings. The Hall–Kier alpha value is -1.02. The van der Waals surface area contributed by atoms with Gasteiger partial charge in [-0.25, -0.2) is 0 Å². The van der Waals surface area contributed by atoms with E-state index in [4.69, 9.17) is 10.2 Å². The van der Waals surface area contributed by atoms with E-state index in [0.717, 1.165) is 0 Å². The van der Waals surface area contributed by atoms with Crippen LogP contribution in [0.2, 0.25) is 0 Å². The zero-order valence-corrected chi connectivity index (χ0v) is 6.40. The molecule has 0 amide bonds. The van der Waals surface area contributed by atoms with E-state index in [-0.39, 0.29) is 5.76 Å². The van der Waals surface area contributed by atoms with Gasteiger partial charge in [0.2, 0.25) is 0 Å². The maximum Gasteiger partial charge on any atom is 0.0934 e. The van der Waals surface area contributed by atoms with E-state index in [2.05, 4.69) is 13.2 Å². The molecule has 1 radical (unpaired) electrons. The largest absolute Gasteiger partial charge is 0.513 e. The minimum absolute atomic E-state index is 0.123. The van der Waals surface area contributed by atoms with Crippen LogP contribution in [-0.2, 0) is 0 Å². The van der Waals surface area contributed by atoms with Crippen molar-refractivity contribution in [1.82, 2.24) is 0 Å². The monoisotopic (exact) mass is 153 g/mol. The standard InChI is InChI=1S/C9H13O2/c1-3-5-6-9(11)7-8(10)4-2/h3-5,7-8,10-11H,1-2,6H2. The van der Waals surface area contributed by atoms with E-state index >= 15 is 0 Å². The molecule has 0 aromatic heterocycles. The summed E-state index contributed by atoms with van der Waals surface area (Å²) in [6.07, 6.45) is 5.57. The molecular weight excluding hydrogens is 140 g/mol. The molecule has 1 atom stereocenters. The number of hydrogen-bond donors (Lipinski definition) is 2. The highest BCUT2D eigenvalue weighted by Crippen LogP contribution is 2.02. The lowest BCUT2D eigenvalue weighted by Gasteiger charge is -1.99. The van der Waals surface area contributed by atoms with Gasteiger partial charge in [-0.1, -0.05) is 12.2 Å². The van der Waals surface area contributed by atoms with Gasteiger partial charge in [0.15, 0.2) is 0 Å². The van der Waals surface area contributed by atoms with Crippen molar-refractivity contribution in [1.29, 1.82) is 0 Å². The quantitative estimate of drug-likeness (QED) is 0.466. The van der Waals surface area contributed by atoms with Crippen LogP contribution in [-0.4, -0.2) is 16.3 Å². The molecule has 0 aromatic rings. The summed E-state index contributed by atoms with van der Waals surface area (Å²) in [7, 11) is 0. The maximum absolute atomic E-state index is 9.06. The van der Waals surface area contributed by atoms with Gasteiger partial charge in [0.1, 0.15) is 0 Å². The summed E-state index contributed by atoms with van der Waals surface area (Å²) in [5.74, 6) is 0.123. The fraction of sp³-hybridized carbons (Fsp3) is 0.222. The van der Waals surface area contributed by atoms with Gasteiger partial charge < -0.3 is 10.2 Å². The van der Waals surface area contributed by atoms with Crippen molar-refractivity contribution in [2.75, 3.05) is 0 Å². The highest BCUT2D eigenvalue weighted by atomic mass is 16.3. The number of rotatable bonds is 5. The third-order valence-corrected chi connectivity index (χ3v) is 1.10. The van der Waals surface area contributed by atoms with Crippen LogP contribution in [0.3, 0.4) is 0 Å². The SMILES string of the molecule is C=C[CH]CC(O)=CC(O)C=C. The molecule has 0 spiro atoms. The molecule has 0 rings (SSSR count). The van der Waals surface area contributed by atoms with Gasteiger partial charge in [-0.2, -0.15) is 0 Å². The van der Waals surface area contributed by atoms with Gasteiger partial charge in [-0.05, 0) is 12.5 Å². The topological polar surface area (TPSA) is 40.5 Å². The van der Waals surface area contributed by atoms with Crippen molar-refractivity contribution in [2.45, 2.75) is 12.5 Å². The summed E-state index contributed by atoms with van der Waals surface area (Å²) in [4.78, 5) is 0. The van der Waals surface area contributed by atoms with Gasteiger partial charge in [-0.3, -0.25) is 0 Å². The number of aliphatic hydroxyl groups is 2. The Balaban J connectivity index is 3.78. The summed E-state index contributed by atoms with van der Waals surface area (Å²) in [6.45, 7) is 6.81. The van der Waals surface area contributed by atoms with Crippen LogP contribution in [0.1, 0.15) is 6.42 Å². The van der Waals surface area contributed by atoms with Crippen molar-refractivity contribution in [2.24, 2.45) is 0 Å². The van der Waals surface area contributed by atoms with E-state index in [9.17, 15) is 0 Å². The Labute approximate surface area is 67.2 Å². The van der Waals surface area contributed by atoms with Gasteiger partial charge in [0, 0.05) is 6.42 Å². The molecular formula is C9H13O2. The van der Waals surface area contributed by atoms with Gasteiger partial charge in [0.05, 0.1) is 11.9 Å². The van der Waals surface area contributed by atoms with E-state index in [1.807, 2.05) is 0 Å². The number of hydrogen-bond acceptors (Lipinski definition) is 2. The van der Waals surface area contributed by atoms with Crippen LogP contribution >= 0.6 is 0 Å². The van der Waals surface area contributed by atoms with E-state index < -0.39 is 6.10 Å². The first-order valence-electron chi connectivity index (χ1n) is 3.35. The molecule has 2 nitrogen and oxygen atoms in total. The van der Waals surface area contributed by atoms with E-state index in [1.54, 1.807) is 12.5 Å². The van der Waals surface area contributed by atoms with E-state index in [0.29, 0.717) is 6.42 Å². The fourth-order valence-electron chi connectivity index (χ4n) is 0.537. The minimum atomic E-state index is -0.770. The van der Waals surface area contributed by atoms with Gasteiger partial charge >= 0.3 is 0 Å². The van der Waals surface area contributed by atoms with Crippen molar-refractivity contribution in [3.8, 4) is 0 Å². The molecule has 0 saturated carbocycles. The Kier molecular flexibility index (Phi) is 5.21. The lowest BCUT2D eigenvalue weighted by Crippen LogP contribution is -1.97. The Bertz CT molecular complexity index is 159. The predicted octanol–water partition coefficient (Wildman–Crippen LogP) is 1.76. The molecule has 0 heterocycles. The average molecular weight is 153 g/mol.